The number of carbonyl (C=O) groups is 2. The van der Waals surface area contributed by atoms with E-state index in [1.165, 1.54) is 12.1 Å². The molecule has 1 fully saturated rings. The standard InChI is InChI=1S/C18H24F3N3O2/c1-3-23(4-2)16(25)11-15-17(26)22-9-10-24(15)12-13-7-5-6-8-14(13)18(19,20)21/h5-8,15H,3-4,9-12H2,1-2H3,(H,22,26). The molecular weight excluding hydrogens is 347 g/mol. The van der Waals surface area contributed by atoms with E-state index in [0.29, 0.717) is 26.2 Å². The van der Waals surface area contributed by atoms with Gasteiger partial charge >= 0.3 is 6.18 Å². The van der Waals surface area contributed by atoms with Crippen LogP contribution in [0.15, 0.2) is 24.3 Å². The van der Waals surface area contributed by atoms with Crippen molar-refractivity contribution in [2.75, 3.05) is 26.2 Å². The maximum atomic E-state index is 13.2. The molecule has 0 bridgehead atoms. The van der Waals surface area contributed by atoms with Crippen molar-refractivity contribution < 1.29 is 22.8 Å². The van der Waals surface area contributed by atoms with Crippen LogP contribution >= 0.6 is 0 Å². The number of alkyl halides is 3. The normalized spacial score (nSPS) is 18.5. The number of nitrogens with one attached hydrogen (secondary N) is 1. The van der Waals surface area contributed by atoms with E-state index >= 15 is 0 Å². The summed E-state index contributed by atoms with van der Waals surface area (Å²) >= 11 is 0. The molecule has 0 spiro atoms. The Morgan fingerprint density at radius 3 is 2.54 bits per heavy atom. The SMILES string of the molecule is CCN(CC)C(=O)CC1C(=O)NCCN1Cc1ccccc1C(F)(F)F. The molecule has 1 heterocycles. The molecule has 8 heteroatoms. The Balaban J connectivity index is 2.21. The average Bonchev–Trinajstić information content (AvgIpc) is 2.58. The minimum atomic E-state index is -4.46. The Hall–Kier alpha value is -2.09. The zero-order valence-corrected chi connectivity index (χ0v) is 15.0. The summed E-state index contributed by atoms with van der Waals surface area (Å²) in [6.07, 6.45) is -4.50. The van der Waals surface area contributed by atoms with Crippen LogP contribution in [0.25, 0.3) is 0 Å². The summed E-state index contributed by atoms with van der Waals surface area (Å²) in [5.74, 6) is -0.493. The minimum Gasteiger partial charge on any atom is -0.353 e. The highest BCUT2D eigenvalue weighted by Crippen LogP contribution is 2.32. The molecule has 1 aliphatic rings. The molecule has 5 nitrogen and oxygen atoms in total. The molecule has 1 atom stereocenters. The smallest absolute Gasteiger partial charge is 0.353 e. The highest BCUT2D eigenvalue weighted by atomic mass is 19.4. The highest BCUT2D eigenvalue weighted by molar-refractivity contribution is 5.88. The molecule has 1 aromatic carbocycles. The Kier molecular flexibility index (Phi) is 6.63. The quantitative estimate of drug-likeness (QED) is 0.835. The first-order valence-electron chi connectivity index (χ1n) is 8.72. The Bertz CT molecular complexity index is 645. The van der Waals surface area contributed by atoms with Gasteiger partial charge in [0.15, 0.2) is 0 Å². The number of halogens is 3. The Labute approximate surface area is 151 Å². The molecule has 2 amide bonds. The van der Waals surface area contributed by atoms with E-state index in [4.69, 9.17) is 0 Å². The number of benzene rings is 1. The fourth-order valence-electron chi connectivity index (χ4n) is 3.20. The Morgan fingerprint density at radius 2 is 1.92 bits per heavy atom. The lowest BCUT2D eigenvalue weighted by atomic mass is 10.0. The topological polar surface area (TPSA) is 52.7 Å². The summed E-state index contributed by atoms with van der Waals surface area (Å²) in [5.41, 5.74) is -0.602. The molecular formula is C18H24F3N3O2. The van der Waals surface area contributed by atoms with Gasteiger partial charge in [0, 0.05) is 32.7 Å². The van der Waals surface area contributed by atoms with Crippen LogP contribution in [0.5, 0.6) is 0 Å². The van der Waals surface area contributed by atoms with Gasteiger partial charge in [-0.25, -0.2) is 0 Å². The summed E-state index contributed by atoms with van der Waals surface area (Å²) in [4.78, 5) is 27.9. The third-order valence-electron chi connectivity index (χ3n) is 4.62. The van der Waals surface area contributed by atoms with Gasteiger partial charge in [0.25, 0.3) is 0 Å². The molecule has 1 unspecified atom stereocenters. The lowest BCUT2D eigenvalue weighted by molar-refractivity contribution is -0.140. The van der Waals surface area contributed by atoms with Crippen molar-refractivity contribution in [1.82, 2.24) is 15.1 Å². The molecule has 1 aliphatic heterocycles. The number of carbonyl (C=O) groups excluding carboxylic acids is 2. The van der Waals surface area contributed by atoms with E-state index in [1.54, 1.807) is 15.9 Å². The van der Waals surface area contributed by atoms with Gasteiger partial charge < -0.3 is 10.2 Å². The van der Waals surface area contributed by atoms with E-state index < -0.39 is 17.8 Å². The van der Waals surface area contributed by atoms with Gasteiger partial charge in [-0.05, 0) is 25.5 Å². The molecule has 144 valence electrons. The van der Waals surface area contributed by atoms with E-state index in [1.807, 2.05) is 13.8 Å². The van der Waals surface area contributed by atoms with E-state index in [-0.39, 0.29) is 30.3 Å². The first-order chi connectivity index (χ1) is 12.3. The van der Waals surface area contributed by atoms with Crippen molar-refractivity contribution in [2.45, 2.75) is 39.0 Å². The van der Waals surface area contributed by atoms with Crippen molar-refractivity contribution in [2.24, 2.45) is 0 Å². The van der Waals surface area contributed by atoms with Crippen LogP contribution in [-0.4, -0.2) is 53.8 Å². The van der Waals surface area contributed by atoms with E-state index in [9.17, 15) is 22.8 Å². The van der Waals surface area contributed by atoms with Crippen molar-refractivity contribution in [1.29, 1.82) is 0 Å². The van der Waals surface area contributed by atoms with Crippen LogP contribution in [0.2, 0.25) is 0 Å². The van der Waals surface area contributed by atoms with Crippen molar-refractivity contribution >= 4 is 11.8 Å². The van der Waals surface area contributed by atoms with Crippen LogP contribution in [-0.2, 0) is 22.3 Å². The predicted molar refractivity (Wildman–Crippen MR) is 91.2 cm³/mol. The fourth-order valence-corrected chi connectivity index (χ4v) is 3.20. The maximum absolute atomic E-state index is 13.2. The second-order valence-electron chi connectivity index (χ2n) is 6.20. The maximum Gasteiger partial charge on any atom is 0.416 e. The van der Waals surface area contributed by atoms with E-state index in [2.05, 4.69) is 5.32 Å². The highest BCUT2D eigenvalue weighted by Gasteiger charge is 2.36. The first-order valence-corrected chi connectivity index (χ1v) is 8.72. The van der Waals surface area contributed by atoms with Crippen LogP contribution in [0.1, 0.15) is 31.4 Å². The van der Waals surface area contributed by atoms with Crippen LogP contribution in [0.3, 0.4) is 0 Å². The van der Waals surface area contributed by atoms with Gasteiger partial charge in [-0.3, -0.25) is 14.5 Å². The van der Waals surface area contributed by atoms with E-state index in [0.717, 1.165) is 6.07 Å². The molecule has 1 saturated heterocycles. The molecule has 0 aliphatic carbocycles. The predicted octanol–water partition coefficient (Wildman–Crippen LogP) is 2.26. The second kappa shape index (κ2) is 8.53. The molecule has 1 N–H and O–H groups in total. The van der Waals surface area contributed by atoms with Crippen LogP contribution in [0.4, 0.5) is 13.2 Å². The lowest BCUT2D eigenvalue weighted by Gasteiger charge is -2.36. The fraction of sp³-hybridized carbons (Fsp3) is 0.556. The number of nitrogens with zero attached hydrogens (tertiary/aromatic N) is 2. The summed E-state index contributed by atoms with van der Waals surface area (Å²) in [6.45, 7) is 5.47. The minimum absolute atomic E-state index is 0.0285. The molecule has 1 aromatic rings. The summed E-state index contributed by atoms with van der Waals surface area (Å²) in [5, 5.41) is 2.70. The number of amides is 2. The zero-order chi connectivity index (χ0) is 19.3. The van der Waals surface area contributed by atoms with Crippen LogP contribution in [0, 0.1) is 0 Å². The number of hydrogen-bond acceptors (Lipinski definition) is 3. The van der Waals surface area contributed by atoms with Gasteiger partial charge in [0.1, 0.15) is 0 Å². The summed E-state index contributed by atoms with van der Waals surface area (Å²) in [6, 6.07) is 4.58. The van der Waals surface area contributed by atoms with Gasteiger partial charge in [0.05, 0.1) is 18.0 Å². The van der Waals surface area contributed by atoms with Crippen LogP contribution < -0.4 is 5.32 Å². The number of rotatable bonds is 6. The summed E-state index contributed by atoms with van der Waals surface area (Å²) in [7, 11) is 0. The number of hydrogen-bond donors (Lipinski definition) is 1. The molecule has 26 heavy (non-hydrogen) atoms. The lowest BCUT2D eigenvalue weighted by Crippen LogP contribution is -2.56. The number of piperazine rings is 1. The third-order valence-corrected chi connectivity index (χ3v) is 4.62. The molecule has 0 radical (unpaired) electrons. The van der Waals surface area contributed by atoms with Gasteiger partial charge in [0.2, 0.25) is 11.8 Å². The molecule has 0 aromatic heterocycles. The largest absolute Gasteiger partial charge is 0.416 e. The third kappa shape index (κ3) is 4.75. The Morgan fingerprint density at radius 1 is 1.27 bits per heavy atom. The van der Waals surface area contributed by atoms with Crippen molar-refractivity contribution in [3.8, 4) is 0 Å². The zero-order valence-electron chi connectivity index (χ0n) is 15.0. The van der Waals surface area contributed by atoms with Crippen molar-refractivity contribution in [3.63, 3.8) is 0 Å². The van der Waals surface area contributed by atoms with Gasteiger partial charge in [-0.15, -0.1) is 0 Å². The van der Waals surface area contributed by atoms with Gasteiger partial charge in [-0.1, -0.05) is 18.2 Å². The average molecular weight is 371 g/mol. The first kappa shape index (κ1) is 20.2. The van der Waals surface area contributed by atoms with Gasteiger partial charge in [-0.2, -0.15) is 13.2 Å². The summed E-state index contributed by atoms with van der Waals surface area (Å²) < 4.78 is 39.7. The van der Waals surface area contributed by atoms with Crippen molar-refractivity contribution in [3.05, 3.63) is 35.4 Å². The molecule has 0 saturated carbocycles. The molecule has 2 rings (SSSR count). The second-order valence-corrected chi connectivity index (χ2v) is 6.20. The monoisotopic (exact) mass is 371 g/mol.